The highest BCUT2D eigenvalue weighted by Crippen LogP contribution is 2.29. The Morgan fingerprint density at radius 3 is 2.26 bits per heavy atom. The summed E-state index contributed by atoms with van der Waals surface area (Å²) in [5.41, 5.74) is -1.18. The van der Waals surface area contributed by atoms with Crippen molar-refractivity contribution in [2.75, 3.05) is 0 Å². The van der Waals surface area contributed by atoms with Crippen molar-refractivity contribution in [2.45, 2.75) is 13.0 Å². The normalized spacial score (nSPS) is 10.6. The molecule has 9 heteroatoms. The number of Topliss-reactive ketones (excluding diaryl/α,β-unsaturated/α-hetero) is 1. The number of halogens is 5. The van der Waals surface area contributed by atoms with E-state index in [2.05, 4.69) is 4.74 Å². The van der Waals surface area contributed by atoms with Gasteiger partial charge in [0.2, 0.25) is 11.6 Å². The zero-order valence-electron chi connectivity index (χ0n) is 8.92. The first-order valence-electron chi connectivity index (χ1n) is 4.61. The molecule has 0 atom stereocenters. The lowest BCUT2D eigenvalue weighted by Crippen LogP contribution is -2.13. The van der Waals surface area contributed by atoms with Crippen LogP contribution in [0.5, 0.6) is 5.75 Å². The Balaban J connectivity index is 3.31. The number of ketones is 1. The molecule has 0 radical (unpaired) electrons. The van der Waals surface area contributed by atoms with Gasteiger partial charge in [0.05, 0.1) is 5.56 Å². The summed E-state index contributed by atoms with van der Waals surface area (Å²) < 4.78 is 66.8. The summed E-state index contributed by atoms with van der Waals surface area (Å²) in [6.07, 6.45) is -1.21. The largest absolute Gasteiger partial charge is 0.481 e. The van der Waals surface area contributed by atoms with Gasteiger partial charge in [-0.2, -0.15) is 13.2 Å². The molecule has 19 heavy (non-hydrogen) atoms. The summed E-state index contributed by atoms with van der Waals surface area (Å²) in [7, 11) is 0. The molecule has 0 unspecified atom stereocenters. The monoisotopic (exact) mass is 284 g/mol. The fourth-order valence-electron chi connectivity index (χ4n) is 1.21. The van der Waals surface area contributed by atoms with Gasteiger partial charge in [0.25, 0.3) is 0 Å². The zero-order chi connectivity index (χ0) is 14.7. The highest BCUT2D eigenvalue weighted by Gasteiger charge is 2.26. The van der Waals surface area contributed by atoms with Crippen molar-refractivity contribution in [3.63, 3.8) is 0 Å². The van der Waals surface area contributed by atoms with Crippen LogP contribution in [-0.4, -0.2) is 23.5 Å². The lowest BCUT2D eigenvalue weighted by molar-refractivity contribution is -0.135. The molecule has 0 saturated carbocycles. The predicted molar refractivity (Wildman–Crippen MR) is 49.5 cm³/mol. The Labute approximate surface area is 102 Å². The summed E-state index contributed by atoms with van der Waals surface area (Å²) in [6.45, 7) is -3.65. The van der Waals surface area contributed by atoms with Gasteiger partial charge in [0.1, 0.15) is 6.42 Å². The number of carbonyl (C=O) groups excluding carboxylic acids is 1. The van der Waals surface area contributed by atoms with Crippen LogP contribution < -0.4 is 4.74 Å². The molecule has 0 amide bonds. The Hall–Kier alpha value is -2.19. The maximum Gasteiger partial charge on any atom is 0.387 e. The summed E-state index contributed by atoms with van der Waals surface area (Å²) in [4.78, 5) is 21.5. The Bertz CT molecular complexity index is 529. The molecular weight excluding hydrogens is 279 g/mol. The molecular formula is C10H5F5O4. The van der Waals surface area contributed by atoms with Gasteiger partial charge in [-0.05, 0) is 6.07 Å². The van der Waals surface area contributed by atoms with E-state index in [4.69, 9.17) is 5.11 Å². The standard InChI is InChI=1S/C10H5F5O4/c11-4-1-3(5(16)2-6(17)18)7(12)9(8(4)13)19-10(14)15/h1,10H,2H2,(H,17,18). The Morgan fingerprint density at radius 2 is 1.79 bits per heavy atom. The maximum atomic E-state index is 13.5. The lowest BCUT2D eigenvalue weighted by atomic mass is 10.1. The number of carbonyl (C=O) groups is 2. The van der Waals surface area contributed by atoms with Crippen LogP contribution in [0.1, 0.15) is 16.8 Å². The molecule has 0 spiro atoms. The number of benzene rings is 1. The second-order valence-corrected chi connectivity index (χ2v) is 3.24. The first kappa shape index (κ1) is 14.9. The molecule has 104 valence electrons. The van der Waals surface area contributed by atoms with E-state index in [-0.39, 0.29) is 6.07 Å². The highest BCUT2D eigenvalue weighted by molar-refractivity contribution is 6.05. The molecule has 1 aromatic carbocycles. The molecule has 0 aromatic heterocycles. The number of rotatable bonds is 5. The summed E-state index contributed by atoms with van der Waals surface area (Å²) >= 11 is 0. The third-order valence-electron chi connectivity index (χ3n) is 1.94. The number of carboxylic acids is 1. The minimum atomic E-state index is -3.65. The van der Waals surface area contributed by atoms with Crippen LogP contribution in [-0.2, 0) is 4.79 Å². The van der Waals surface area contributed by atoms with Gasteiger partial charge in [0.15, 0.2) is 17.4 Å². The summed E-state index contributed by atoms with van der Waals surface area (Å²) in [5, 5.41) is 8.31. The quantitative estimate of drug-likeness (QED) is 0.390. The molecule has 0 aliphatic heterocycles. The first-order chi connectivity index (χ1) is 8.73. The van der Waals surface area contributed by atoms with E-state index in [1.165, 1.54) is 0 Å². The van der Waals surface area contributed by atoms with Crippen LogP contribution in [0.25, 0.3) is 0 Å². The molecule has 0 aliphatic carbocycles. The molecule has 0 fully saturated rings. The third-order valence-corrected chi connectivity index (χ3v) is 1.94. The average Bonchev–Trinajstić information content (AvgIpc) is 2.28. The average molecular weight is 284 g/mol. The topological polar surface area (TPSA) is 63.6 Å². The molecule has 0 heterocycles. The molecule has 0 saturated heterocycles. The van der Waals surface area contributed by atoms with Gasteiger partial charge < -0.3 is 9.84 Å². The van der Waals surface area contributed by atoms with Gasteiger partial charge >= 0.3 is 12.6 Å². The molecule has 0 bridgehead atoms. The molecule has 1 rings (SSSR count). The van der Waals surface area contributed by atoms with Gasteiger partial charge in [-0.15, -0.1) is 0 Å². The van der Waals surface area contributed by atoms with Crippen molar-refractivity contribution in [3.8, 4) is 5.75 Å². The van der Waals surface area contributed by atoms with Crippen molar-refractivity contribution >= 4 is 11.8 Å². The smallest absolute Gasteiger partial charge is 0.387 e. The molecule has 1 aromatic rings. The van der Waals surface area contributed by atoms with Crippen molar-refractivity contribution in [1.29, 1.82) is 0 Å². The van der Waals surface area contributed by atoms with Gasteiger partial charge in [0, 0.05) is 0 Å². The SMILES string of the molecule is O=C(O)CC(=O)c1cc(F)c(F)c(OC(F)F)c1F. The number of ether oxygens (including phenoxy) is 1. The van der Waals surface area contributed by atoms with Crippen LogP contribution in [0.2, 0.25) is 0 Å². The first-order valence-corrected chi connectivity index (χ1v) is 4.61. The van der Waals surface area contributed by atoms with E-state index in [1.54, 1.807) is 0 Å². The van der Waals surface area contributed by atoms with E-state index in [0.29, 0.717) is 0 Å². The van der Waals surface area contributed by atoms with E-state index >= 15 is 0 Å². The van der Waals surface area contributed by atoms with Crippen LogP contribution in [0.4, 0.5) is 22.0 Å². The van der Waals surface area contributed by atoms with Crippen LogP contribution in [0.3, 0.4) is 0 Å². The van der Waals surface area contributed by atoms with Crippen molar-refractivity contribution in [2.24, 2.45) is 0 Å². The van der Waals surface area contributed by atoms with Crippen molar-refractivity contribution in [1.82, 2.24) is 0 Å². The number of alkyl halides is 2. The number of aliphatic carboxylic acids is 1. The fraction of sp³-hybridized carbons (Fsp3) is 0.200. The molecule has 0 aliphatic rings. The minimum Gasteiger partial charge on any atom is -0.481 e. The van der Waals surface area contributed by atoms with E-state index in [1.807, 2.05) is 0 Å². The van der Waals surface area contributed by atoms with Crippen LogP contribution in [0, 0.1) is 17.5 Å². The highest BCUT2D eigenvalue weighted by atomic mass is 19.3. The van der Waals surface area contributed by atoms with Crippen molar-refractivity contribution in [3.05, 3.63) is 29.1 Å². The van der Waals surface area contributed by atoms with Crippen LogP contribution >= 0.6 is 0 Å². The van der Waals surface area contributed by atoms with Gasteiger partial charge in [-0.3, -0.25) is 9.59 Å². The van der Waals surface area contributed by atoms with Gasteiger partial charge in [-0.25, -0.2) is 8.78 Å². The van der Waals surface area contributed by atoms with Crippen molar-refractivity contribution < 1.29 is 41.4 Å². The number of hydrogen-bond acceptors (Lipinski definition) is 3. The molecule has 1 N–H and O–H groups in total. The van der Waals surface area contributed by atoms with Crippen LogP contribution in [0.15, 0.2) is 6.07 Å². The van der Waals surface area contributed by atoms with E-state index < -0.39 is 53.5 Å². The maximum absolute atomic E-state index is 13.5. The zero-order valence-corrected chi connectivity index (χ0v) is 8.92. The second-order valence-electron chi connectivity index (χ2n) is 3.24. The van der Waals surface area contributed by atoms with Gasteiger partial charge in [-0.1, -0.05) is 0 Å². The summed E-state index contributed by atoms with van der Waals surface area (Å²) in [5.74, 6) is -10.6. The predicted octanol–water partition coefficient (Wildman–Crippen LogP) is 2.36. The summed E-state index contributed by atoms with van der Waals surface area (Å²) in [6, 6.07) is 0.0776. The van der Waals surface area contributed by atoms with E-state index in [9.17, 15) is 31.5 Å². The Kier molecular flexibility index (Phi) is 4.41. The molecule has 4 nitrogen and oxygen atoms in total. The fourth-order valence-corrected chi connectivity index (χ4v) is 1.21. The minimum absolute atomic E-state index is 0.0776. The third kappa shape index (κ3) is 3.39. The number of hydrogen-bond donors (Lipinski definition) is 1. The second kappa shape index (κ2) is 5.63. The lowest BCUT2D eigenvalue weighted by Gasteiger charge is -2.10. The Morgan fingerprint density at radius 1 is 1.21 bits per heavy atom. The van der Waals surface area contributed by atoms with E-state index in [0.717, 1.165) is 0 Å². The number of carboxylic acid groups (broad SMARTS) is 1.